The normalized spacial score (nSPS) is 11.2. The zero-order chi connectivity index (χ0) is 23.0. The number of sulfonamides is 1. The lowest BCUT2D eigenvalue weighted by atomic mass is 10.2. The first-order valence-corrected chi connectivity index (χ1v) is 12.7. The molecule has 0 aliphatic rings. The summed E-state index contributed by atoms with van der Waals surface area (Å²) in [7, 11) is -3.99. The summed E-state index contributed by atoms with van der Waals surface area (Å²) in [6, 6.07) is 21.2. The zero-order valence-electron chi connectivity index (χ0n) is 17.7. The van der Waals surface area contributed by atoms with Gasteiger partial charge in [0.15, 0.2) is 0 Å². The van der Waals surface area contributed by atoms with Crippen LogP contribution in [0.1, 0.15) is 11.1 Å². The molecule has 0 spiro atoms. The standard InChI is InChI=1S/C24H25FN2O3S2/c1-19-6-5-7-20(16-19)18-31-15-14-26-24(28)17-27(22-12-10-21(25)11-13-22)32(29,30)23-8-3-2-4-9-23/h2-13,16H,14-15,17-18H2,1H3,(H,26,28). The molecule has 0 aliphatic carbocycles. The van der Waals surface area contributed by atoms with Crippen LogP contribution in [-0.2, 0) is 20.6 Å². The largest absolute Gasteiger partial charge is 0.354 e. The van der Waals surface area contributed by atoms with Crippen molar-refractivity contribution in [3.63, 3.8) is 0 Å². The number of anilines is 1. The van der Waals surface area contributed by atoms with Crippen LogP contribution in [0.25, 0.3) is 0 Å². The van der Waals surface area contributed by atoms with Crippen molar-refractivity contribution in [3.8, 4) is 0 Å². The third kappa shape index (κ3) is 6.58. The predicted octanol–water partition coefficient (Wildman–Crippen LogP) is 4.38. The van der Waals surface area contributed by atoms with E-state index in [0.717, 1.165) is 10.1 Å². The van der Waals surface area contributed by atoms with Crippen molar-refractivity contribution < 1.29 is 17.6 Å². The monoisotopic (exact) mass is 472 g/mol. The first-order chi connectivity index (χ1) is 15.4. The number of carbonyl (C=O) groups is 1. The van der Waals surface area contributed by atoms with E-state index < -0.39 is 28.3 Å². The molecule has 0 unspecified atom stereocenters. The van der Waals surface area contributed by atoms with Crippen molar-refractivity contribution in [1.29, 1.82) is 0 Å². The van der Waals surface area contributed by atoms with Crippen LogP contribution in [0.2, 0.25) is 0 Å². The smallest absolute Gasteiger partial charge is 0.264 e. The number of rotatable bonds is 10. The topological polar surface area (TPSA) is 66.5 Å². The second kappa shape index (κ2) is 11.2. The number of hydrogen-bond acceptors (Lipinski definition) is 4. The van der Waals surface area contributed by atoms with Gasteiger partial charge in [0, 0.05) is 18.1 Å². The number of nitrogens with zero attached hydrogens (tertiary/aromatic N) is 1. The Bertz CT molecular complexity index is 1140. The zero-order valence-corrected chi connectivity index (χ0v) is 19.3. The maximum absolute atomic E-state index is 13.4. The molecule has 3 aromatic carbocycles. The molecule has 0 fully saturated rings. The van der Waals surface area contributed by atoms with Crippen LogP contribution in [0.15, 0.2) is 83.8 Å². The second-order valence-corrected chi connectivity index (χ2v) is 10.2. The lowest BCUT2D eigenvalue weighted by Gasteiger charge is -2.24. The van der Waals surface area contributed by atoms with Gasteiger partial charge in [0.1, 0.15) is 12.4 Å². The van der Waals surface area contributed by atoms with E-state index in [-0.39, 0.29) is 10.6 Å². The van der Waals surface area contributed by atoms with Crippen LogP contribution >= 0.6 is 11.8 Å². The molecule has 0 aromatic heterocycles. The SMILES string of the molecule is Cc1cccc(CSCCNC(=O)CN(c2ccc(F)cc2)S(=O)(=O)c2ccccc2)c1. The minimum absolute atomic E-state index is 0.0610. The van der Waals surface area contributed by atoms with Gasteiger partial charge < -0.3 is 5.32 Å². The fourth-order valence-electron chi connectivity index (χ4n) is 3.08. The number of benzene rings is 3. The van der Waals surface area contributed by atoms with E-state index in [2.05, 4.69) is 17.4 Å². The van der Waals surface area contributed by atoms with Gasteiger partial charge in [0.25, 0.3) is 10.0 Å². The molecule has 1 amide bonds. The number of halogens is 1. The maximum Gasteiger partial charge on any atom is 0.264 e. The molecule has 0 saturated carbocycles. The molecule has 0 heterocycles. The Morgan fingerprint density at radius 1 is 1.00 bits per heavy atom. The van der Waals surface area contributed by atoms with Crippen molar-refractivity contribution in [2.24, 2.45) is 0 Å². The molecule has 3 aromatic rings. The molecule has 0 saturated heterocycles. The Labute approximate surface area is 192 Å². The quantitative estimate of drug-likeness (QED) is 0.445. The molecule has 8 heteroatoms. The average molecular weight is 473 g/mol. The molecule has 3 rings (SSSR count). The third-order valence-corrected chi connectivity index (χ3v) is 7.47. The van der Waals surface area contributed by atoms with E-state index in [1.807, 2.05) is 19.1 Å². The lowest BCUT2D eigenvalue weighted by molar-refractivity contribution is -0.119. The highest BCUT2D eigenvalue weighted by atomic mass is 32.2. The first kappa shape index (κ1) is 23.8. The third-order valence-electron chi connectivity index (χ3n) is 4.65. The first-order valence-electron chi connectivity index (χ1n) is 10.1. The van der Waals surface area contributed by atoms with E-state index >= 15 is 0 Å². The van der Waals surface area contributed by atoms with E-state index in [9.17, 15) is 17.6 Å². The molecule has 5 nitrogen and oxygen atoms in total. The summed E-state index contributed by atoms with van der Waals surface area (Å²) in [5.74, 6) is 0.620. The van der Waals surface area contributed by atoms with Gasteiger partial charge in [-0.25, -0.2) is 12.8 Å². The second-order valence-electron chi connectivity index (χ2n) is 7.19. The number of aryl methyl sites for hydroxylation is 1. The van der Waals surface area contributed by atoms with Gasteiger partial charge in [-0.3, -0.25) is 9.10 Å². The molecular weight excluding hydrogens is 447 g/mol. The maximum atomic E-state index is 13.4. The van der Waals surface area contributed by atoms with Crippen molar-refractivity contribution in [1.82, 2.24) is 5.32 Å². The molecule has 168 valence electrons. The lowest BCUT2D eigenvalue weighted by Crippen LogP contribution is -2.41. The van der Waals surface area contributed by atoms with Crippen molar-refractivity contribution in [2.45, 2.75) is 17.6 Å². The summed E-state index contributed by atoms with van der Waals surface area (Å²) in [6.45, 7) is 2.06. The van der Waals surface area contributed by atoms with E-state index in [1.165, 1.54) is 47.5 Å². The summed E-state index contributed by atoms with van der Waals surface area (Å²) in [5.41, 5.74) is 2.65. The highest BCUT2D eigenvalue weighted by Crippen LogP contribution is 2.23. The highest BCUT2D eigenvalue weighted by Gasteiger charge is 2.27. The van der Waals surface area contributed by atoms with Gasteiger partial charge in [0.05, 0.1) is 10.6 Å². The van der Waals surface area contributed by atoms with Crippen LogP contribution in [0.4, 0.5) is 10.1 Å². The van der Waals surface area contributed by atoms with Crippen LogP contribution in [0.5, 0.6) is 0 Å². The summed E-state index contributed by atoms with van der Waals surface area (Å²) in [6.07, 6.45) is 0. The minimum Gasteiger partial charge on any atom is -0.354 e. The van der Waals surface area contributed by atoms with E-state index in [0.29, 0.717) is 12.3 Å². The van der Waals surface area contributed by atoms with Crippen molar-refractivity contribution in [2.75, 3.05) is 23.1 Å². The summed E-state index contributed by atoms with van der Waals surface area (Å²) in [4.78, 5) is 12.6. The Morgan fingerprint density at radius 3 is 2.41 bits per heavy atom. The highest BCUT2D eigenvalue weighted by molar-refractivity contribution is 7.98. The summed E-state index contributed by atoms with van der Waals surface area (Å²) >= 11 is 1.69. The molecule has 32 heavy (non-hydrogen) atoms. The Kier molecular flexibility index (Phi) is 8.30. The van der Waals surface area contributed by atoms with Crippen LogP contribution in [0.3, 0.4) is 0 Å². The van der Waals surface area contributed by atoms with Gasteiger partial charge in [-0.1, -0.05) is 48.0 Å². The molecule has 1 N–H and O–H groups in total. The minimum atomic E-state index is -3.99. The van der Waals surface area contributed by atoms with Gasteiger partial charge in [-0.05, 0) is 48.9 Å². The van der Waals surface area contributed by atoms with Crippen LogP contribution in [-0.4, -0.2) is 33.2 Å². The number of carbonyl (C=O) groups excluding carboxylic acids is 1. The Morgan fingerprint density at radius 2 is 1.72 bits per heavy atom. The number of thioether (sulfide) groups is 1. The fourth-order valence-corrected chi connectivity index (χ4v) is 5.33. The summed E-state index contributed by atoms with van der Waals surface area (Å²) in [5, 5.41) is 2.78. The molecule has 0 radical (unpaired) electrons. The van der Waals surface area contributed by atoms with Gasteiger partial charge >= 0.3 is 0 Å². The average Bonchev–Trinajstić information content (AvgIpc) is 2.78. The van der Waals surface area contributed by atoms with Gasteiger partial charge in [-0.15, -0.1) is 0 Å². The van der Waals surface area contributed by atoms with Crippen molar-refractivity contribution >= 4 is 33.4 Å². The number of hydrogen-bond donors (Lipinski definition) is 1. The molecular formula is C24H25FN2O3S2. The summed E-state index contributed by atoms with van der Waals surface area (Å²) < 4.78 is 40.7. The fraction of sp³-hybridized carbons (Fsp3) is 0.208. The Hall–Kier alpha value is -2.84. The van der Waals surface area contributed by atoms with Crippen LogP contribution < -0.4 is 9.62 Å². The van der Waals surface area contributed by atoms with Crippen LogP contribution in [0, 0.1) is 12.7 Å². The number of nitrogens with one attached hydrogen (secondary N) is 1. The van der Waals surface area contributed by atoms with E-state index in [4.69, 9.17) is 0 Å². The molecule has 0 atom stereocenters. The predicted molar refractivity (Wildman–Crippen MR) is 128 cm³/mol. The van der Waals surface area contributed by atoms with Crippen molar-refractivity contribution in [3.05, 3.63) is 95.8 Å². The van der Waals surface area contributed by atoms with Gasteiger partial charge in [0.2, 0.25) is 5.91 Å². The number of amides is 1. The van der Waals surface area contributed by atoms with Gasteiger partial charge in [-0.2, -0.15) is 11.8 Å². The Balaban J connectivity index is 1.61. The molecule has 0 bridgehead atoms. The molecule has 0 aliphatic heterocycles. The van der Waals surface area contributed by atoms with E-state index in [1.54, 1.807) is 30.0 Å².